The van der Waals surface area contributed by atoms with Crippen molar-refractivity contribution < 1.29 is 14.3 Å². The van der Waals surface area contributed by atoms with Gasteiger partial charge in [-0.2, -0.15) is 5.10 Å². The summed E-state index contributed by atoms with van der Waals surface area (Å²) in [5.74, 6) is 1.82. The normalized spacial score (nSPS) is 13.9. The number of amides is 1. The average molecular weight is 445 g/mol. The molecule has 1 aliphatic heterocycles. The zero-order valence-corrected chi connectivity index (χ0v) is 18.4. The number of hydrogen-bond donors (Lipinski definition) is 0. The fourth-order valence-electron chi connectivity index (χ4n) is 3.94. The number of piperazine rings is 1. The lowest BCUT2D eigenvalue weighted by Gasteiger charge is -2.34. The standard InChI is InChI=1S/C23H23N7O3/c1-32-19-5-4-16(14-20(19)33-2)18-6-9-24-21-15-17(27-30(18)21)22(31)28-10-12-29(13-11-28)23-25-7-3-8-26-23/h3-9,14-15H,10-13H2,1-2H3. The van der Waals surface area contributed by atoms with Crippen LogP contribution in [-0.2, 0) is 0 Å². The number of aromatic nitrogens is 5. The number of ether oxygens (including phenoxy) is 2. The summed E-state index contributed by atoms with van der Waals surface area (Å²) in [7, 11) is 3.19. The van der Waals surface area contributed by atoms with Crippen LogP contribution in [0.25, 0.3) is 16.9 Å². The first-order valence-corrected chi connectivity index (χ1v) is 10.6. The van der Waals surface area contributed by atoms with Crippen LogP contribution < -0.4 is 14.4 Å². The van der Waals surface area contributed by atoms with Crippen LogP contribution in [0.3, 0.4) is 0 Å². The van der Waals surface area contributed by atoms with Gasteiger partial charge >= 0.3 is 0 Å². The summed E-state index contributed by atoms with van der Waals surface area (Å²) in [5.41, 5.74) is 2.63. The van der Waals surface area contributed by atoms with Gasteiger partial charge in [0.05, 0.1) is 19.9 Å². The third kappa shape index (κ3) is 3.91. The van der Waals surface area contributed by atoms with Gasteiger partial charge in [-0.25, -0.2) is 19.5 Å². The molecule has 0 saturated carbocycles. The number of nitrogens with zero attached hydrogens (tertiary/aromatic N) is 7. The Morgan fingerprint density at radius 3 is 2.36 bits per heavy atom. The van der Waals surface area contributed by atoms with Crippen molar-refractivity contribution in [3.63, 3.8) is 0 Å². The summed E-state index contributed by atoms with van der Waals surface area (Å²) >= 11 is 0. The molecular formula is C23H23N7O3. The highest BCUT2D eigenvalue weighted by Crippen LogP contribution is 2.32. The molecule has 0 radical (unpaired) electrons. The second-order valence-corrected chi connectivity index (χ2v) is 7.53. The number of benzene rings is 1. The Morgan fingerprint density at radius 1 is 0.879 bits per heavy atom. The van der Waals surface area contributed by atoms with Crippen molar-refractivity contribution in [1.29, 1.82) is 0 Å². The first-order valence-electron chi connectivity index (χ1n) is 10.6. The fourth-order valence-corrected chi connectivity index (χ4v) is 3.94. The third-order valence-electron chi connectivity index (χ3n) is 5.66. The van der Waals surface area contributed by atoms with Crippen LogP contribution in [0.1, 0.15) is 10.5 Å². The Kier molecular flexibility index (Phi) is 5.47. The molecule has 0 aliphatic carbocycles. The van der Waals surface area contributed by atoms with E-state index in [9.17, 15) is 4.79 Å². The molecule has 168 valence electrons. The second-order valence-electron chi connectivity index (χ2n) is 7.53. The molecule has 5 rings (SSSR count). The molecule has 0 atom stereocenters. The number of fused-ring (bicyclic) bond motifs is 1. The average Bonchev–Trinajstić information content (AvgIpc) is 3.33. The number of hydrogen-bond acceptors (Lipinski definition) is 8. The van der Waals surface area contributed by atoms with Gasteiger partial charge in [0.2, 0.25) is 5.95 Å². The quantitative estimate of drug-likeness (QED) is 0.461. The molecule has 4 heterocycles. The molecule has 1 saturated heterocycles. The smallest absolute Gasteiger partial charge is 0.274 e. The molecule has 0 bridgehead atoms. The van der Waals surface area contributed by atoms with E-state index in [1.165, 1.54) is 0 Å². The summed E-state index contributed by atoms with van der Waals surface area (Å²) < 4.78 is 12.4. The van der Waals surface area contributed by atoms with Gasteiger partial charge in [-0.15, -0.1) is 0 Å². The zero-order chi connectivity index (χ0) is 22.8. The Hall–Kier alpha value is -4.21. The van der Waals surface area contributed by atoms with Crippen molar-refractivity contribution >= 4 is 17.5 Å². The van der Waals surface area contributed by atoms with Crippen LogP contribution in [0.2, 0.25) is 0 Å². The van der Waals surface area contributed by atoms with E-state index in [2.05, 4.69) is 25.0 Å². The van der Waals surface area contributed by atoms with Crippen molar-refractivity contribution in [1.82, 2.24) is 29.5 Å². The van der Waals surface area contributed by atoms with Crippen LogP contribution in [0, 0.1) is 0 Å². The van der Waals surface area contributed by atoms with E-state index in [1.54, 1.807) is 54.4 Å². The summed E-state index contributed by atoms with van der Waals surface area (Å²) in [6.45, 7) is 2.47. The van der Waals surface area contributed by atoms with E-state index >= 15 is 0 Å². The molecule has 1 amide bonds. The number of methoxy groups -OCH3 is 2. The SMILES string of the molecule is COc1ccc(-c2ccnc3cc(C(=O)N4CCN(c5ncccn5)CC4)nn23)cc1OC. The number of anilines is 1. The van der Waals surface area contributed by atoms with Crippen molar-refractivity contribution in [3.8, 4) is 22.8 Å². The maximum atomic E-state index is 13.2. The molecule has 4 aromatic rings. The maximum Gasteiger partial charge on any atom is 0.274 e. The van der Waals surface area contributed by atoms with Gasteiger partial charge in [0.15, 0.2) is 22.8 Å². The summed E-state index contributed by atoms with van der Waals surface area (Å²) in [6, 6.07) is 11.0. The monoisotopic (exact) mass is 445 g/mol. The largest absolute Gasteiger partial charge is 0.493 e. The van der Waals surface area contributed by atoms with E-state index < -0.39 is 0 Å². The van der Waals surface area contributed by atoms with Crippen LogP contribution in [0.5, 0.6) is 11.5 Å². The van der Waals surface area contributed by atoms with E-state index in [4.69, 9.17) is 9.47 Å². The van der Waals surface area contributed by atoms with Crippen LogP contribution in [0.15, 0.2) is 55.0 Å². The molecule has 10 heteroatoms. The first-order chi connectivity index (χ1) is 16.2. The lowest BCUT2D eigenvalue weighted by Crippen LogP contribution is -2.49. The molecule has 1 aliphatic rings. The first kappa shape index (κ1) is 20.7. The predicted molar refractivity (Wildman–Crippen MR) is 122 cm³/mol. The van der Waals surface area contributed by atoms with Gasteiger partial charge in [0.25, 0.3) is 5.91 Å². The minimum absolute atomic E-state index is 0.118. The summed E-state index contributed by atoms with van der Waals surface area (Å²) in [6.07, 6.45) is 5.15. The van der Waals surface area contributed by atoms with Gasteiger partial charge in [0, 0.05) is 56.4 Å². The third-order valence-corrected chi connectivity index (χ3v) is 5.66. The molecule has 3 aromatic heterocycles. The van der Waals surface area contributed by atoms with Crippen molar-refractivity contribution in [2.45, 2.75) is 0 Å². The van der Waals surface area contributed by atoms with Gasteiger partial charge < -0.3 is 19.3 Å². The minimum Gasteiger partial charge on any atom is -0.493 e. The van der Waals surface area contributed by atoms with Crippen LogP contribution in [0.4, 0.5) is 5.95 Å². The van der Waals surface area contributed by atoms with Crippen molar-refractivity contribution in [3.05, 3.63) is 60.7 Å². The number of carbonyl (C=O) groups excluding carboxylic acids is 1. The molecule has 33 heavy (non-hydrogen) atoms. The van der Waals surface area contributed by atoms with E-state index in [0.29, 0.717) is 55.0 Å². The summed E-state index contributed by atoms with van der Waals surface area (Å²) in [4.78, 5) is 30.0. The molecule has 1 aromatic carbocycles. The maximum absolute atomic E-state index is 13.2. The molecular weight excluding hydrogens is 422 g/mol. The van der Waals surface area contributed by atoms with Gasteiger partial charge in [0.1, 0.15) is 0 Å². The lowest BCUT2D eigenvalue weighted by molar-refractivity contribution is 0.0740. The molecule has 0 N–H and O–H groups in total. The zero-order valence-electron chi connectivity index (χ0n) is 18.4. The van der Waals surface area contributed by atoms with Crippen LogP contribution in [-0.4, -0.2) is 75.8 Å². The van der Waals surface area contributed by atoms with E-state index in [-0.39, 0.29) is 5.91 Å². The lowest BCUT2D eigenvalue weighted by atomic mass is 10.1. The van der Waals surface area contributed by atoms with Crippen molar-refractivity contribution in [2.24, 2.45) is 0 Å². The Bertz CT molecular complexity index is 1280. The fraction of sp³-hybridized carbons (Fsp3) is 0.261. The Morgan fingerprint density at radius 2 is 1.64 bits per heavy atom. The highest BCUT2D eigenvalue weighted by atomic mass is 16.5. The number of rotatable bonds is 5. The number of carbonyl (C=O) groups is 1. The molecule has 10 nitrogen and oxygen atoms in total. The minimum atomic E-state index is -0.118. The van der Waals surface area contributed by atoms with E-state index in [1.807, 2.05) is 24.3 Å². The highest BCUT2D eigenvalue weighted by Gasteiger charge is 2.25. The van der Waals surface area contributed by atoms with Gasteiger partial charge in [-0.05, 0) is 30.3 Å². The Labute approximate surface area is 190 Å². The van der Waals surface area contributed by atoms with Gasteiger partial charge in [-0.3, -0.25) is 4.79 Å². The Balaban J connectivity index is 1.39. The van der Waals surface area contributed by atoms with Crippen molar-refractivity contribution in [2.75, 3.05) is 45.3 Å². The topological polar surface area (TPSA) is 98.0 Å². The molecule has 1 fully saturated rings. The summed E-state index contributed by atoms with van der Waals surface area (Å²) in [5, 5.41) is 4.59. The molecule has 0 spiro atoms. The van der Waals surface area contributed by atoms with Gasteiger partial charge in [-0.1, -0.05) is 0 Å². The second kappa shape index (κ2) is 8.73. The predicted octanol–water partition coefficient (Wildman–Crippen LogP) is 2.17. The molecule has 0 unspecified atom stereocenters. The van der Waals surface area contributed by atoms with E-state index in [0.717, 1.165) is 11.3 Å². The van der Waals surface area contributed by atoms with Crippen LogP contribution >= 0.6 is 0 Å². The highest BCUT2D eigenvalue weighted by molar-refractivity contribution is 5.93.